The van der Waals surface area contributed by atoms with Gasteiger partial charge in [-0.1, -0.05) is 54.6 Å². The van der Waals surface area contributed by atoms with Crippen LogP contribution in [0.1, 0.15) is 12.5 Å². The van der Waals surface area contributed by atoms with Gasteiger partial charge in [0.25, 0.3) is 0 Å². The number of hydrogen-bond donors (Lipinski definition) is 1. The first kappa shape index (κ1) is 19.7. The Morgan fingerprint density at radius 3 is 2.36 bits per heavy atom. The van der Waals surface area contributed by atoms with Crippen LogP contribution in [0.2, 0.25) is 0 Å². The van der Waals surface area contributed by atoms with Crippen LogP contribution in [-0.2, 0) is 11.3 Å². The molecular formula is C23H22F2N2O. The minimum Gasteiger partial charge on any atom is -0.324 e. The van der Waals surface area contributed by atoms with Gasteiger partial charge < -0.3 is 5.32 Å². The molecule has 0 saturated carbocycles. The van der Waals surface area contributed by atoms with E-state index in [1.807, 2.05) is 54.6 Å². The van der Waals surface area contributed by atoms with Gasteiger partial charge in [-0.2, -0.15) is 0 Å². The van der Waals surface area contributed by atoms with Gasteiger partial charge in [0.1, 0.15) is 0 Å². The Morgan fingerprint density at radius 1 is 0.964 bits per heavy atom. The fourth-order valence-corrected chi connectivity index (χ4v) is 2.96. The highest BCUT2D eigenvalue weighted by molar-refractivity contribution is 5.98. The zero-order chi connectivity index (χ0) is 20.1. The largest absolute Gasteiger partial charge is 0.324 e. The molecule has 3 rings (SSSR count). The lowest BCUT2D eigenvalue weighted by Crippen LogP contribution is -2.39. The molecule has 0 saturated heterocycles. The number of amides is 1. The first-order valence-corrected chi connectivity index (χ1v) is 9.05. The van der Waals surface area contributed by atoms with Crippen molar-refractivity contribution in [1.29, 1.82) is 0 Å². The van der Waals surface area contributed by atoms with Gasteiger partial charge >= 0.3 is 0 Å². The van der Waals surface area contributed by atoms with Gasteiger partial charge in [-0.05, 0) is 43.3 Å². The molecule has 1 amide bonds. The highest BCUT2D eigenvalue weighted by Gasteiger charge is 2.20. The summed E-state index contributed by atoms with van der Waals surface area (Å²) < 4.78 is 26.5. The number of carbonyl (C=O) groups excluding carboxylic acids is 1. The van der Waals surface area contributed by atoms with Gasteiger partial charge in [-0.25, -0.2) is 8.78 Å². The summed E-state index contributed by atoms with van der Waals surface area (Å²) in [4.78, 5) is 14.5. The molecule has 3 aromatic rings. The second-order valence-electron chi connectivity index (χ2n) is 6.74. The third kappa shape index (κ3) is 4.61. The predicted octanol–water partition coefficient (Wildman–Crippen LogP) is 5.09. The summed E-state index contributed by atoms with van der Waals surface area (Å²) in [6.45, 7) is 2.10. The normalized spacial score (nSPS) is 12.0. The Balaban J connectivity index is 1.71. The molecule has 1 atom stereocenters. The quantitative estimate of drug-likeness (QED) is 0.646. The molecule has 0 aliphatic rings. The second-order valence-corrected chi connectivity index (χ2v) is 6.74. The molecule has 0 aliphatic carbocycles. The summed E-state index contributed by atoms with van der Waals surface area (Å²) in [5.41, 5.74) is 3.28. The number of carbonyl (C=O) groups is 1. The van der Waals surface area contributed by atoms with E-state index in [0.717, 1.165) is 28.9 Å². The highest BCUT2D eigenvalue weighted by atomic mass is 19.2. The third-order valence-corrected chi connectivity index (χ3v) is 4.73. The van der Waals surface area contributed by atoms with Crippen molar-refractivity contribution in [2.75, 3.05) is 12.4 Å². The maximum atomic E-state index is 13.4. The monoisotopic (exact) mass is 380 g/mol. The van der Waals surface area contributed by atoms with Crippen molar-refractivity contribution in [2.45, 2.75) is 19.5 Å². The lowest BCUT2D eigenvalue weighted by molar-refractivity contribution is -0.120. The van der Waals surface area contributed by atoms with Gasteiger partial charge in [0.15, 0.2) is 11.6 Å². The number of nitrogens with one attached hydrogen (secondary N) is 1. The molecule has 3 aromatic carbocycles. The number of rotatable bonds is 6. The standard InChI is InChI=1S/C23H22F2N2O/c1-16(27(2)15-17-12-13-20(24)21(25)14-17)23(28)26-22-11-7-6-10-19(22)18-8-4-3-5-9-18/h3-14,16H,15H2,1-2H3,(H,26,28). The first-order chi connectivity index (χ1) is 13.5. The van der Waals surface area contributed by atoms with Crippen molar-refractivity contribution >= 4 is 11.6 Å². The fraction of sp³-hybridized carbons (Fsp3) is 0.174. The molecule has 144 valence electrons. The molecule has 5 heteroatoms. The molecule has 0 radical (unpaired) electrons. The smallest absolute Gasteiger partial charge is 0.241 e. The Bertz CT molecular complexity index is 960. The highest BCUT2D eigenvalue weighted by Crippen LogP contribution is 2.27. The number of nitrogens with zero attached hydrogens (tertiary/aromatic N) is 1. The van der Waals surface area contributed by atoms with Crippen LogP contribution >= 0.6 is 0 Å². The zero-order valence-corrected chi connectivity index (χ0v) is 15.8. The predicted molar refractivity (Wildman–Crippen MR) is 108 cm³/mol. The number of benzene rings is 3. The summed E-state index contributed by atoms with van der Waals surface area (Å²) >= 11 is 0. The van der Waals surface area contributed by atoms with E-state index >= 15 is 0 Å². The third-order valence-electron chi connectivity index (χ3n) is 4.73. The Hall–Kier alpha value is -3.05. The SMILES string of the molecule is CC(C(=O)Nc1ccccc1-c1ccccc1)N(C)Cc1ccc(F)c(F)c1. The number of hydrogen-bond acceptors (Lipinski definition) is 2. The van der Waals surface area contributed by atoms with Crippen molar-refractivity contribution in [3.63, 3.8) is 0 Å². The summed E-state index contributed by atoms with van der Waals surface area (Å²) in [6.07, 6.45) is 0. The fourth-order valence-electron chi connectivity index (χ4n) is 2.96. The van der Waals surface area contributed by atoms with E-state index in [1.54, 1.807) is 18.9 Å². The van der Waals surface area contributed by atoms with E-state index in [4.69, 9.17) is 0 Å². The van der Waals surface area contributed by atoms with Crippen LogP contribution in [0.15, 0.2) is 72.8 Å². The van der Waals surface area contributed by atoms with Crippen LogP contribution in [0.3, 0.4) is 0 Å². The molecule has 1 unspecified atom stereocenters. The summed E-state index contributed by atoms with van der Waals surface area (Å²) in [5, 5.41) is 2.98. The average molecular weight is 380 g/mol. The van der Waals surface area contributed by atoms with Gasteiger partial charge in [0.2, 0.25) is 5.91 Å². The first-order valence-electron chi connectivity index (χ1n) is 9.05. The molecule has 0 spiro atoms. The van der Waals surface area contributed by atoms with Crippen molar-refractivity contribution < 1.29 is 13.6 Å². The van der Waals surface area contributed by atoms with Gasteiger partial charge in [-0.3, -0.25) is 9.69 Å². The Labute approximate surface area is 163 Å². The number of halogens is 2. The van der Waals surface area contributed by atoms with E-state index in [2.05, 4.69) is 5.32 Å². The van der Waals surface area contributed by atoms with Gasteiger partial charge in [0.05, 0.1) is 6.04 Å². The van der Waals surface area contributed by atoms with E-state index in [9.17, 15) is 13.6 Å². The molecule has 0 bridgehead atoms. The molecule has 0 fully saturated rings. The molecule has 0 heterocycles. The van der Waals surface area contributed by atoms with Crippen LogP contribution in [-0.4, -0.2) is 23.9 Å². The number of likely N-dealkylation sites (N-methyl/N-ethyl adjacent to an activating group) is 1. The van der Waals surface area contributed by atoms with Crippen LogP contribution in [0.5, 0.6) is 0 Å². The molecule has 0 aliphatic heterocycles. The van der Waals surface area contributed by atoms with E-state index < -0.39 is 17.7 Å². The zero-order valence-electron chi connectivity index (χ0n) is 15.8. The molecule has 28 heavy (non-hydrogen) atoms. The molecule has 3 nitrogen and oxygen atoms in total. The van der Waals surface area contributed by atoms with E-state index in [1.165, 1.54) is 6.07 Å². The van der Waals surface area contributed by atoms with Crippen LogP contribution in [0, 0.1) is 11.6 Å². The minimum absolute atomic E-state index is 0.173. The van der Waals surface area contributed by atoms with Crippen molar-refractivity contribution in [3.8, 4) is 11.1 Å². The lowest BCUT2D eigenvalue weighted by Gasteiger charge is -2.24. The minimum atomic E-state index is -0.889. The van der Waals surface area contributed by atoms with Crippen molar-refractivity contribution in [2.24, 2.45) is 0 Å². The summed E-state index contributed by atoms with van der Waals surface area (Å²) in [7, 11) is 1.77. The number of para-hydroxylation sites is 1. The van der Waals surface area contributed by atoms with Crippen LogP contribution in [0.4, 0.5) is 14.5 Å². The topological polar surface area (TPSA) is 32.3 Å². The van der Waals surface area contributed by atoms with E-state index in [0.29, 0.717) is 12.1 Å². The van der Waals surface area contributed by atoms with E-state index in [-0.39, 0.29) is 5.91 Å². The van der Waals surface area contributed by atoms with Crippen LogP contribution < -0.4 is 5.32 Å². The van der Waals surface area contributed by atoms with Crippen LogP contribution in [0.25, 0.3) is 11.1 Å². The second kappa shape index (κ2) is 8.76. The summed E-state index contributed by atoms with van der Waals surface area (Å²) in [6, 6.07) is 20.8. The maximum absolute atomic E-state index is 13.4. The van der Waals surface area contributed by atoms with Gasteiger partial charge in [-0.15, -0.1) is 0 Å². The summed E-state index contributed by atoms with van der Waals surface area (Å²) in [5.74, 6) is -1.94. The van der Waals surface area contributed by atoms with Crippen molar-refractivity contribution in [3.05, 3.63) is 90.0 Å². The Morgan fingerprint density at radius 2 is 1.64 bits per heavy atom. The average Bonchev–Trinajstić information content (AvgIpc) is 2.71. The molecule has 0 aromatic heterocycles. The molecule has 1 N–H and O–H groups in total. The maximum Gasteiger partial charge on any atom is 0.241 e. The Kier molecular flexibility index (Phi) is 6.16. The lowest BCUT2D eigenvalue weighted by atomic mass is 10.0. The van der Waals surface area contributed by atoms with Crippen molar-refractivity contribution in [1.82, 2.24) is 4.90 Å². The number of anilines is 1. The van der Waals surface area contributed by atoms with Gasteiger partial charge in [0, 0.05) is 17.8 Å². The molecular weight excluding hydrogens is 358 g/mol.